The number of hydrogen-bond acceptors (Lipinski definition) is 6. The Morgan fingerprint density at radius 1 is 1.10 bits per heavy atom. The topological polar surface area (TPSA) is 84.7 Å². The average molecular weight is 479 g/mol. The molecule has 1 atom stereocenters. The molecule has 7 nitrogen and oxygen atoms in total. The van der Waals surface area contributed by atoms with Gasteiger partial charge in [0, 0.05) is 5.02 Å². The molecule has 3 heterocycles. The summed E-state index contributed by atoms with van der Waals surface area (Å²) < 4.78 is 10.6. The normalized spacial score (nSPS) is 15.4. The second-order valence-corrected chi connectivity index (χ2v) is 7.71. The minimum absolute atomic E-state index is 0.0432. The monoisotopic (exact) mass is 477 g/mol. The van der Waals surface area contributed by atoms with Gasteiger partial charge in [-0.1, -0.05) is 46.9 Å². The highest BCUT2D eigenvalue weighted by Crippen LogP contribution is 2.32. The van der Waals surface area contributed by atoms with E-state index in [4.69, 9.17) is 44.0 Å². The van der Waals surface area contributed by atoms with Crippen molar-refractivity contribution in [2.45, 2.75) is 6.04 Å². The van der Waals surface area contributed by atoms with Crippen molar-refractivity contribution in [1.29, 1.82) is 0 Å². The molecule has 1 aliphatic heterocycles. The minimum Gasteiger partial charge on any atom is -0.467 e. The van der Waals surface area contributed by atoms with Crippen molar-refractivity contribution < 1.29 is 18.7 Å². The molecule has 1 N–H and O–H groups in total. The Kier molecular flexibility index (Phi) is 6.18. The quantitative estimate of drug-likeness (QED) is 0.414. The van der Waals surface area contributed by atoms with Crippen LogP contribution in [0.4, 0.5) is 0 Å². The zero-order chi connectivity index (χ0) is 22.0. The third-order valence-electron chi connectivity index (χ3n) is 4.43. The number of ether oxygens (including phenoxy) is 1. The van der Waals surface area contributed by atoms with Crippen molar-refractivity contribution >= 4 is 52.4 Å². The van der Waals surface area contributed by atoms with Crippen molar-refractivity contribution in [3.8, 4) is 0 Å². The van der Waals surface area contributed by atoms with E-state index >= 15 is 0 Å². The summed E-state index contributed by atoms with van der Waals surface area (Å²) in [5, 5.41) is 2.02. The van der Waals surface area contributed by atoms with Crippen molar-refractivity contribution in [2.75, 3.05) is 6.61 Å². The Bertz CT molecular complexity index is 1130. The molecule has 1 amide bonds. The van der Waals surface area contributed by atoms with Crippen LogP contribution < -0.4 is 5.43 Å². The molecule has 0 fully saturated rings. The van der Waals surface area contributed by atoms with Gasteiger partial charge in [0.05, 0.1) is 17.5 Å². The Labute approximate surface area is 192 Å². The third kappa shape index (κ3) is 4.85. The van der Waals surface area contributed by atoms with Crippen molar-refractivity contribution in [1.82, 2.24) is 15.4 Å². The van der Waals surface area contributed by atoms with Crippen LogP contribution in [-0.2, 0) is 9.53 Å². The standard InChI is InChI=1S/C21H14Cl3N3O4/c22-14-5-3-12(4-6-14)15-10-16(17-2-1-7-30-17)27(26-15)20(28)11-31-21(29)13-8-18(23)25-19(24)9-13/h1-10,16,26H,11H2/t16-/m1/s1. The summed E-state index contributed by atoms with van der Waals surface area (Å²) in [6.07, 6.45) is 3.35. The lowest BCUT2D eigenvalue weighted by Gasteiger charge is -2.23. The smallest absolute Gasteiger partial charge is 0.338 e. The van der Waals surface area contributed by atoms with Gasteiger partial charge in [-0.15, -0.1) is 0 Å². The maximum Gasteiger partial charge on any atom is 0.338 e. The fraction of sp³-hybridized carbons (Fsp3) is 0.0952. The Hall–Kier alpha value is -3.00. The average Bonchev–Trinajstić information content (AvgIpc) is 3.41. The van der Waals surface area contributed by atoms with E-state index in [0.717, 1.165) is 5.56 Å². The van der Waals surface area contributed by atoms with Crippen LogP contribution in [0.15, 0.2) is 65.3 Å². The first-order valence-corrected chi connectivity index (χ1v) is 10.1. The summed E-state index contributed by atoms with van der Waals surface area (Å²) in [6.45, 7) is -0.512. The van der Waals surface area contributed by atoms with Crippen LogP contribution in [0.3, 0.4) is 0 Å². The number of furan rings is 1. The Morgan fingerprint density at radius 3 is 2.45 bits per heavy atom. The highest BCUT2D eigenvalue weighted by atomic mass is 35.5. The molecule has 0 unspecified atom stereocenters. The number of nitrogens with zero attached hydrogens (tertiary/aromatic N) is 2. The number of rotatable bonds is 5. The second kappa shape index (κ2) is 9.01. The van der Waals surface area contributed by atoms with Crippen LogP contribution in [-0.4, -0.2) is 28.5 Å². The molecule has 0 saturated carbocycles. The van der Waals surface area contributed by atoms with E-state index < -0.39 is 24.5 Å². The zero-order valence-corrected chi connectivity index (χ0v) is 18.0. The molecule has 4 rings (SSSR count). The fourth-order valence-electron chi connectivity index (χ4n) is 3.01. The molecule has 0 radical (unpaired) electrons. The number of aromatic nitrogens is 1. The number of benzene rings is 1. The Morgan fingerprint density at radius 2 is 1.81 bits per heavy atom. The van der Waals surface area contributed by atoms with Gasteiger partial charge in [0.25, 0.3) is 5.91 Å². The first-order valence-electron chi connectivity index (χ1n) is 9.01. The lowest BCUT2D eigenvalue weighted by Crippen LogP contribution is -2.42. The van der Waals surface area contributed by atoms with Crippen molar-refractivity contribution in [2.24, 2.45) is 0 Å². The summed E-state index contributed by atoms with van der Waals surface area (Å²) in [7, 11) is 0. The molecule has 0 bridgehead atoms. The van der Waals surface area contributed by atoms with E-state index in [0.29, 0.717) is 16.5 Å². The molecule has 3 aromatic rings. The van der Waals surface area contributed by atoms with Gasteiger partial charge >= 0.3 is 5.97 Å². The van der Waals surface area contributed by atoms with Crippen LogP contribution in [0.5, 0.6) is 0 Å². The Balaban J connectivity index is 1.49. The number of nitrogens with one attached hydrogen (secondary N) is 1. The molecule has 1 aliphatic rings. The molecule has 0 spiro atoms. The van der Waals surface area contributed by atoms with Gasteiger partial charge in [0.1, 0.15) is 22.1 Å². The number of hydrogen-bond donors (Lipinski definition) is 1. The summed E-state index contributed by atoms with van der Waals surface area (Å²) in [6, 6.07) is 12.7. The predicted octanol–water partition coefficient (Wildman–Crippen LogP) is 4.92. The first-order chi connectivity index (χ1) is 14.9. The summed E-state index contributed by atoms with van der Waals surface area (Å²) in [5.74, 6) is -0.691. The molecule has 2 aromatic heterocycles. The zero-order valence-electron chi connectivity index (χ0n) is 15.7. The van der Waals surface area contributed by atoms with E-state index in [1.165, 1.54) is 23.4 Å². The predicted molar refractivity (Wildman–Crippen MR) is 115 cm³/mol. The number of carbonyl (C=O) groups excluding carboxylic acids is 2. The third-order valence-corrected chi connectivity index (χ3v) is 5.07. The molecule has 0 saturated heterocycles. The maximum atomic E-state index is 12.9. The first kappa shape index (κ1) is 21.2. The van der Waals surface area contributed by atoms with Gasteiger partial charge in [0.15, 0.2) is 6.61 Å². The SMILES string of the molecule is O=C(OCC(=O)N1NC(c2ccc(Cl)cc2)=C[C@@H]1c1ccco1)c1cc(Cl)nc(Cl)c1. The van der Waals surface area contributed by atoms with Gasteiger partial charge < -0.3 is 9.15 Å². The molecule has 158 valence electrons. The lowest BCUT2D eigenvalue weighted by atomic mass is 10.1. The van der Waals surface area contributed by atoms with Crippen LogP contribution in [0.25, 0.3) is 5.70 Å². The summed E-state index contributed by atoms with van der Waals surface area (Å²) in [5.41, 5.74) is 4.65. The molecule has 1 aromatic carbocycles. The summed E-state index contributed by atoms with van der Waals surface area (Å²) >= 11 is 17.6. The number of halogens is 3. The lowest BCUT2D eigenvalue weighted by molar-refractivity contribution is -0.138. The molecular weight excluding hydrogens is 465 g/mol. The maximum absolute atomic E-state index is 12.9. The van der Waals surface area contributed by atoms with E-state index in [9.17, 15) is 9.59 Å². The minimum atomic E-state index is -0.751. The molecular formula is C21H14Cl3N3O4. The van der Waals surface area contributed by atoms with Gasteiger partial charge in [0.2, 0.25) is 0 Å². The van der Waals surface area contributed by atoms with Crippen LogP contribution in [0.2, 0.25) is 15.3 Å². The highest BCUT2D eigenvalue weighted by Gasteiger charge is 2.33. The van der Waals surface area contributed by atoms with E-state index in [1.807, 2.05) is 18.2 Å². The number of esters is 1. The van der Waals surface area contributed by atoms with Crippen LogP contribution in [0, 0.1) is 0 Å². The molecule has 31 heavy (non-hydrogen) atoms. The largest absolute Gasteiger partial charge is 0.467 e. The van der Waals surface area contributed by atoms with Crippen molar-refractivity contribution in [3.05, 3.63) is 93.1 Å². The number of carbonyl (C=O) groups is 2. The van der Waals surface area contributed by atoms with Crippen molar-refractivity contribution in [3.63, 3.8) is 0 Å². The summed E-state index contributed by atoms with van der Waals surface area (Å²) in [4.78, 5) is 28.9. The number of pyridine rings is 1. The highest BCUT2D eigenvalue weighted by molar-refractivity contribution is 6.33. The van der Waals surface area contributed by atoms with E-state index in [1.54, 1.807) is 24.3 Å². The van der Waals surface area contributed by atoms with Crippen LogP contribution >= 0.6 is 34.8 Å². The van der Waals surface area contributed by atoms with Gasteiger partial charge in [-0.25, -0.2) is 14.8 Å². The van der Waals surface area contributed by atoms with Gasteiger partial charge in [-0.3, -0.25) is 10.2 Å². The van der Waals surface area contributed by atoms with Crippen LogP contribution in [0.1, 0.15) is 27.7 Å². The van der Waals surface area contributed by atoms with E-state index in [-0.39, 0.29) is 15.9 Å². The molecule has 0 aliphatic carbocycles. The number of hydrazine groups is 1. The van der Waals surface area contributed by atoms with Gasteiger partial charge in [-0.05, 0) is 48.0 Å². The second-order valence-electron chi connectivity index (χ2n) is 6.50. The van der Waals surface area contributed by atoms with E-state index in [2.05, 4.69) is 10.4 Å². The number of amides is 1. The van der Waals surface area contributed by atoms with Gasteiger partial charge in [-0.2, -0.15) is 0 Å². The molecule has 10 heteroatoms. The fourth-order valence-corrected chi connectivity index (χ4v) is 3.59.